The number of hydrogen-bond acceptors (Lipinski definition) is 5. The number of nitrogens with zero attached hydrogens (tertiary/aromatic N) is 2. The molecule has 21 heavy (non-hydrogen) atoms. The van der Waals surface area contributed by atoms with Gasteiger partial charge in [0, 0.05) is 19.0 Å². The first-order valence-electron chi connectivity index (χ1n) is 7.21. The van der Waals surface area contributed by atoms with E-state index in [1.807, 2.05) is 6.07 Å². The van der Waals surface area contributed by atoms with Crippen molar-refractivity contribution in [1.29, 1.82) is 0 Å². The largest absolute Gasteiger partial charge is 0.360 e. The van der Waals surface area contributed by atoms with E-state index in [1.165, 1.54) is 22.5 Å². The average Bonchev–Trinajstić information content (AvgIpc) is 2.95. The molecule has 0 fully saturated rings. The van der Waals surface area contributed by atoms with Crippen LogP contribution in [0.25, 0.3) is 0 Å². The van der Waals surface area contributed by atoms with Gasteiger partial charge < -0.3 is 10.6 Å². The Labute approximate surface area is 127 Å². The highest BCUT2D eigenvalue weighted by atomic mass is 32.1. The average molecular weight is 302 g/mol. The first-order chi connectivity index (χ1) is 10.3. The highest BCUT2D eigenvalue weighted by molar-refractivity contribution is 7.17. The first-order valence-corrected chi connectivity index (χ1v) is 8.03. The Bertz CT molecular complexity index is 640. The second-order valence-electron chi connectivity index (χ2n) is 5.15. The molecule has 0 saturated heterocycles. The van der Waals surface area contributed by atoms with E-state index in [9.17, 15) is 4.79 Å². The SMILES string of the molecule is CCCNc1nnc(C(=O)NCC2Cc3ccccc32)s1. The zero-order valence-electron chi connectivity index (χ0n) is 11.9. The van der Waals surface area contributed by atoms with Crippen molar-refractivity contribution >= 4 is 22.4 Å². The van der Waals surface area contributed by atoms with E-state index in [1.54, 1.807) is 0 Å². The van der Waals surface area contributed by atoms with Gasteiger partial charge in [-0.25, -0.2) is 0 Å². The van der Waals surface area contributed by atoms with Gasteiger partial charge in [-0.1, -0.05) is 42.5 Å². The van der Waals surface area contributed by atoms with Crippen LogP contribution in [0.3, 0.4) is 0 Å². The predicted molar refractivity (Wildman–Crippen MR) is 83.9 cm³/mol. The van der Waals surface area contributed by atoms with Crippen molar-refractivity contribution in [2.24, 2.45) is 0 Å². The molecule has 1 unspecified atom stereocenters. The fraction of sp³-hybridized carbons (Fsp3) is 0.400. The van der Waals surface area contributed by atoms with Crippen molar-refractivity contribution in [3.63, 3.8) is 0 Å². The molecule has 1 aromatic carbocycles. The van der Waals surface area contributed by atoms with Gasteiger partial charge in [0.2, 0.25) is 10.1 Å². The molecule has 110 valence electrons. The van der Waals surface area contributed by atoms with Gasteiger partial charge in [-0.15, -0.1) is 10.2 Å². The summed E-state index contributed by atoms with van der Waals surface area (Å²) >= 11 is 1.30. The highest BCUT2D eigenvalue weighted by Crippen LogP contribution is 2.34. The van der Waals surface area contributed by atoms with E-state index in [0.717, 1.165) is 19.4 Å². The molecule has 0 aliphatic heterocycles. The van der Waals surface area contributed by atoms with Gasteiger partial charge in [-0.2, -0.15) is 0 Å². The van der Waals surface area contributed by atoms with Crippen LogP contribution >= 0.6 is 11.3 Å². The Kier molecular flexibility index (Phi) is 4.15. The van der Waals surface area contributed by atoms with Crippen LogP contribution in [-0.2, 0) is 6.42 Å². The summed E-state index contributed by atoms with van der Waals surface area (Å²) in [5, 5.41) is 15.1. The molecule has 0 radical (unpaired) electrons. The first kappa shape index (κ1) is 14.0. The van der Waals surface area contributed by atoms with Crippen LogP contribution in [0.5, 0.6) is 0 Å². The fourth-order valence-electron chi connectivity index (χ4n) is 2.45. The smallest absolute Gasteiger partial charge is 0.282 e. The Morgan fingerprint density at radius 2 is 2.24 bits per heavy atom. The molecule has 2 N–H and O–H groups in total. The standard InChI is InChI=1S/C15H18N4OS/c1-2-7-16-15-19-18-14(21-15)13(20)17-9-11-8-10-5-3-4-6-12(10)11/h3-6,11H,2,7-9H2,1H3,(H,16,19)(H,17,20). The van der Waals surface area contributed by atoms with Crippen LogP contribution in [0.4, 0.5) is 5.13 Å². The normalized spacial score (nSPS) is 16.0. The molecule has 3 rings (SSSR count). The lowest BCUT2D eigenvalue weighted by Gasteiger charge is -2.29. The number of carbonyl (C=O) groups excluding carboxylic acids is 1. The number of anilines is 1. The molecule has 6 heteroatoms. The van der Waals surface area contributed by atoms with Crippen molar-refractivity contribution in [2.75, 3.05) is 18.4 Å². The quantitative estimate of drug-likeness (QED) is 0.860. The van der Waals surface area contributed by atoms with Crippen molar-refractivity contribution in [3.8, 4) is 0 Å². The summed E-state index contributed by atoms with van der Waals surface area (Å²) in [6, 6.07) is 8.38. The molecule has 0 spiro atoms. The summed E-state index contributed by atoms with van der Waals surface area (Å²) in [6.45, 7) is 3.58. The lowest BCUT2D eigenvalue weighted by atomic mass is 9.77. The third-order valence-electron chi connectivity index (χ3n) is 3.62. The molecule has 0 saturated carbocycles. The number of rotatable bonds is 6. The van der Waals surface area contributed by atoms with E-state index in [-0.39, 0.29) is 5.91 Å². The molecular formula is C15H18N4OS. The Balaban J connectivity index is 1.52. The number of fused-ring (bicyclic) bond motifs is 1. The lowest BCUT2D eigenvalue weighted by Crippen LogP contribution is -2.33. The molecule has 1 heterocycles. The van der Waals surface area contributed by atoms with Gasteiger partial charge in [-0.05, 0) is 24.0 Å². The maximum Gasteiger partial charge on any atom is 0.282 e. The van der Waals surface area contributed by atoms with Gasteiger partial charge in [0.05, 0.1) is 0 Å². The van der Waals surface area contributed by atoms with Gasteiger partial charge in [0.1, 0.15) is 0 Å². The molecule has 5 nitrogen and oxygen atoms in total. The lowest BCUT2D eigenvalue weighted by molar-refractivity contribution is 0.0949. The minimum absolute atomic E-state index is 0.138. The van der Waals surface area contributed by atoms with Crippen molar-refractivity contribution in [3.05, 3.63) is 40.4 Å². The van der Waals surface area contributed by atoms with Crippen LogP contribution in [0.15, 0.2) is 24.3 Å². The Morgan fingerprint density at radius 3 is 3.05 bits per heavy atom. The van der Waals surface area contributed by atoms with E-state index < -0.39 is 0 Å². The molecule has 0 bridgehead atoms. The molecule has 1 aromatic heterocycles. The monoisotopic (exact) mass is 302 g/mol. The van der Waals surface area contributed by atoms with Crippen molar-refractivity contribution in [1.82, 2.24) is 15.5 Å². The van der Waals surface area contributed by atoms with E-state index in [4.69, 9.17) is 0 Å². The molecule has 2 aromatic rings. The Hall–Kier alpha value is -1.95. The summed E-state index contributed by atoms with van der Waals surface area (Å²) in [4.78, 5) is 12.1. The second kappa shape index (κ2) is 6.22. The number of benzene rings is 1. The van der Waals surface area contributed by atoms with Crippen LogP contribution in [0.1, 0.15) is 40.2 Å². The fourth-order valence-corrected chi connectivity index (χ4v) is 3.14. The van der Waals surface area contributed by atoms with E-state index >= 15 is 0 Å². The van der Waals surface area contributed by atoms with E-state index in [0.29, 0.717) is 22.6 Å². The molecule has 1 aliphatic rings. The topological polar surface area (TPSA) is 66.9 Å². The van der Waals surface area contributed by atoms with Crippen LogP contribution in [0.2, 0.25) is 0 Å². The molecule has 1 atom stereocenters. The number of amides is 1. The third-order valence-corrected chi connectivity index (χ3v) is 4.50. The Morgan fingerprint density at radius 1 is 1.38 bits per heavy atom. The summed E-state index contributed by atoms with van der Waals surface area (Å²) in [6.07, 6.45) is 2.05. The maximum atomic E-state index is 12.1. The zero-order valence-corrected chi connectivity index (χ0v) is 12.7. The molecular weight excluding hydrogens is 284 g/mol. The van der Waals surface area contributed by atoms with Crippen LogP contribution in [-0.4, -0.2) is 29.2 Å². The van der Waals surface area contributed by atoms with E-state index in [2.05, 4.69) is 46.0 Å². The highest BCUT2D eigenvalue weighted by Gasteiger charge is 2.26. The number of aromatic nitrogens is 2. The van der Waals surface area contributed by atoms with Gasteiger partial charge in [0.15, 0.2) is 0 Å². The summed E-state index contributed by atoms with van der Waals surface area (Å²) in [5.41, 5.74) is 2.74. The number of nitrogens with one attached hydrogen (secondary N) is 2. The van der Waals surface area contributed by atoms with Gasteiger partial charge >= 0.3 is 0 Å². The van der Waals surface area contributed by atoms with Crippen LogP contribution in [0, 0.1) is 0 Å². The van der Waals surface area contributed by atoms with Gasteiger partial charge in [-0.3, -0.25) is 4.79 Å². The number of hydrogen-bond donors (Lipinski definition) is 2. The maximum absolute atomic E-state index is 12.1. The molecule has 1 aliphatic carbocycles. The minimum Gasteiger partial charge on any atom is -0.360 e. The number of carbonyl (C=O) groups is 1. The summed E-state index contributed by atoms with van der Waals surface area (Å²) < 4.78 is 0. The summed E-state index contributed by atoms with van der Waals surface area (Å²) in [5.74, 6) is 0.289. The van der Waals surface area contributed by atoms with Crippen molar-refractivity contribution < 1.29 is 4.79 Å². The summed E-state index contributed by atoms with van der Waals surface area (Å²) in [7, 11) is 0. The minimum atomic E-state index is -0.138. The van der Waals surface area contributed by atoms with Crippen molar-refractivity contribution in [2.45, 2.75) is 25.7 Å². The zero-order chi connectivity index (χ0) is 14.7. The van der Waals surface area contributed by atoms with Gasteiger partial charge in [0.25, 0.3) is 5.91 Å². The predicted octanol–water partition coefficient (Wildman–Crippen LogP) is 2.43. The van der Waals surface area contributed by atoms with Crippen LogP contribution < -0.4 is 10.6 Å². The molecule has 1 amide bonds. The third kappa shape index (κ3) is 3.05. The second-order valence-corrected chi connectivity index (χ2v) is 6.13.